The average molecular weight is 349 g/mol. The topological polar surface area (TPSA) is 51.2 Å². The highest BCUT2D eigenvalue weighted by Crippen LogP contribution is 2.11. The third kappa shape index (κ3) is 4.65. The van der Waals surface area contributed by atoms with E-state index in [2.05, 4.69) is 26.2 Å². The lowest BCUT2D eigenvalue weighted by Gasteiger charge is -2.10. The summed E-state index contributed by atoms with van der Waals surface area (Å²) in [5.74, 6) is -0.138. The Kier molecular flexibility index (Phi) is 5.90. The van der Waals surface area contributed by atoms with Gasteiger partial charge in [0.2, 0.25) is 0 Å². The molecule has 4 nitrogen and oxygen atoms in total. The maximum atomic E-state index is 12.1. The van der Waals surface area contributed by atoms with Crippen molar-refractivity contribution in [2.45, 2.75) is 20.1 Å². The van der Waals surface area contributed by atoms with Crippen molar-refractivity contribution in [1.82, 2.24) is 10.3 Å². The first-order valence-electron chi connectivity index (χ1n) is 6.75. The summed E-state index contributed by atoms with van der Waals surface area (Å²) in [5, 5.41) is 2.90. The van der Waals surface area contributed by atoms with Crippen molar-refractivity contribution in [3.05, 3.63) is 63.9 Å². The highest BCUT2D eigenvalue weighted by Gasteiger charge is 2.07. The number of nitrogens with zero attached hydrogens (tertiary/aromatic N) is 1. The molecule has 0 bridgehead atoms. The fourth-order valence-electron chi connectivity index (χ4n) is 1.87. The number of benzene rings is 1. The monoisotopic (exact) mass is 348 g/mol. The van der Waals surface area contributed by atoms with Gasteiger partial charge in [0.25, 0.3) is 5.91 Å². The number of halogens is 1. The normalized spacial score (nSPS) is 10.4. The summed E-state index contributed by atoms with van der Waals surface area (Å²) in [6, 6.07) is 11.4. The van der Waals surface area contributed by atoms with Gasteiger partial charge < -0.3 is 10.1 Å². The zero-order chi connectivity index (χ0) is 15.1. The molecule has 0 fully saturated rings. The number of hydrogen-bond acceptors (Lipinski definition) is 3. The first-order chi connectivity index (χ1) is 10.2. The number of pyridine rings is 1. The van der Waals surface area contributed by atoms with Gasteiger partial charge in [0.15, 0.2) is 0 Å². The highest BCUT2D eigenvalue weighted by molar-refractivity contribution is 9.10. The number of carbonyl (C=O) groups is 1. The third-order valence-corrected chi connectivity index (χ3v) is 3.48. The van der Waals surface area contributed by atoms with Crippen LogP contribution in [0.5, 0.6) is 0 Å². The van der Waals surface area contributed by atoms with Crippen LogP contribution < -0.4 is 5.32 Å². The molecule has 0 spiro atoms. The Balaban J connectivity index is 1.99. The molecule has 0 aliphatic rings. The molecule has 110 valence electrons. The molecule has 2 aromatic rings. The van der Waals surface area contributed by atoms with Gasteiger partial charge in [0.05, 0.1) is 12.2 Å². The third-order valence-electron chi connectivity index (χ3n) is 3.01. The van der Waals surface area contributed by atoms with Crippen molar-refractivity contribution < 1.29 is 9.53 Å². The molecule has 1 aromatic carbocycles. The molecule has 0 saturated carbocycles. The lowest BCUT2D eigenvalue weighted by atomic mass is 10.1. The van der Waals surface area contributed by atoms with Crippen LogP contribution in [0.3, 0.4) is 0 Å². The number of hydrogen-bond donors (Lipinski definition) is 1. The average Bonchev–Trinajstić information content (AvgIpc) is 2.52. The van der Waals surface area contributed by atoms with Gasteiger partial charge in [-0.1, -0.05) is 24.3 Å². The number of carbonyl (C=O) groups excluding carboxylic acids is 1. The number of nitrogens with one attached hydrogen (secondary N) is 1. The molecule has 1 N–H and O–H groups in total. The number of amides is 1. The summed E-state index contributed by atoms with van der Waals surface area (Å²) in [6.45, 7) is 3.66. The molecule has 2 rings (SSSR count). The van der Waals surface area contributed by atoms with Crippen LogP contribution in [0, 0.1) is 0 Å². The molecule has 1 heterocycles. The van der Waals surface area contributed by atoms with Gasteiger partial charge in [-0.05, 0) is 46.1 Å². The van der Waals surface area contributed by atoms with Gasteiger partial charge in [-0.3, -0.25) is 4.79 Å². The predicted octanol–water partition coefficient (Wildman–Crippen LogP) is 3.31. The van der Waals surface area contributed by atoms with Crippen LogP contribution in [-0.4, -0.2) is 17.5 Å². The van der Waals surface area contributed by atoms with Gasteiger partial charge in [0, 0.05) is 19.3 Å². The van der Waals surface area contributed by atoms with E-state index in [4.69, 9.17) is 4.74 Å². The number of rotatable bonds is 6. The fraction of sp³-hybridized carbons (Fsp3) is 0.250. The van der Waals surface area contributed by atoms with Gasteiger partial charge in [0.1, 0.15) is 4.60 Å². The van der Waals surface area contributed by atoms with E-state index in [1.165, 1.54) is 0 Å². The summed E-state index contributed by atoms with van der Waals surface area (Å²) in [4.78, 5) is 16.1. The Bertz CT molecular complexity index is 599. The summed E-state index contributed by atoms with van der Waals surface area (Å²) in [7, 11) is 0. The first-order valence-corrected chi connectivity index (χ1v) is 7.54. The Morgan fingerprint density at radius 1 is 1.24 bits per heavy atom. The maximum absolute atomic E-state index is 12.1. The largest absolute Gasteiger partial charge is 0.377 e. The van der Waals surface area contributed by atoms with E-state index in [0.717, 1.165) is 11.1 Å². The maximum Gasteiger partial charge on any atom is 0.253 e. The van der Waals surface area contributed by atoms with Gasteiger partial charge in [-0.2, -0.15) is 0 Å². The molecular weight excluding hydrogens is 332 g/mol. The minimum Gasteiger partial charge on any atom is -0.377 e. The minimum absolute atomic E-state index is 0.138. The Morgan fingerprint density at radius 2 is 2.00 bits per heavy atom. The van der Waals surface area contributed by atoms with Crippen LogP contribution >= 0.6 is 15.9 Å². The smallest absolute Gasteiger partial charge is 0.253 e. The molecule has 21 heavy (non-hydrogen) atoms. The molecular formula is C16H17BrN2O2. The second kappa shape index (κ2) is 7.90. The van der Waals surface area contributed by atoms with E-state index in [1.54, 1.807) is 18.3 Å². The molecule has 0 radical (unpaired) electrons. The van der Waals surface area contributed by atoms with Gasteiger partial charge >= 0.3 is 0 Å². The summed E-state index contributed by atoms with van der Waals surface area (Å²) >= 11 is 3.25. The second-order valence-corrected chi connectivity index (χ2v) is 5.27. The molecule has 5 heteroatoms. The van der Waals surface area contributed by atoms with Gasteiger partial charge in [-0.25, -0.2) is 4.98 Å². The molecule has 0 aliphatic heterocycles. The standard InChI is InChI=1S/C16H17BrN2O2/c1-2-21-11-14-6-4-3-5-12(14)9-19-16(20)13-7-8-15(17)18-10-13/h3-8,10H,2,9,11H2,1H3,(H,19,20). The second-order valence-electron chi connectivity index (χ2n) is 4.46. The van der Waals surface area contributed by atoms with Crippen molar-refractivity contribution in [3.63, 3.8) is 0 Å². The molecule has 0 unspecified atom stereocenters. The lowest BCUT2D eigenvalue weighted by Crippen LogP contribution is -2.23. The van der Waals surface area contributed by atoms with Crippen LogP contribution in [0.15, 0.2) is 47.2 Å². The van der Waals surface area contributed by atoms with Crippen molar-refractivity contribution in [1.29, 1.82) is 0 Å². The Morgan fingerprint density at radius 3 is 2.67 bits per heavy atom. The van der Waals surface area contributed by atoms with Crippen LogP contribution in [0.2, 0.25) is 0 Å². The quantitative estimate of drug-likeness (QED) is 0.814. The van der Waals surface area contributed by atoms with Crippen LogP contribution in [0.4, 0.5) is 0 Å². The lowest BCUT2D eigenvalue weighted by molar-refractivity contribution is 0.0949. The summed E-state index contributed by atoms with van der Waals surface area (Å²) < 4.78 is 6.15. The predicted molar refractivity (Wildman–Crippen MR) is 84.9 cm³/mol. The van der Waals surface area contributed by atoms with Crippen LogP contribution in [0.25, 0.3) is 0 Å². The van der Waals surface area contributed by atoms with E-state index >= 15 is 0 Å². The van der Waals surface area contributed by atoms with E-state index in [0.29, 0.717) is 29.9 Å². The van der Waals surface area contributed by atoms with E-state index in [1.807, 2.05) is 31.2 Å². The minimum atomic E-state index is -0.138. The number of ether oxygens (including phenoxy) is 1. The van der Waals surface area contributed by atoms with E-state index in [9.17, 15) is 4.79 Å². The highest BCUT2D eigenvalue weighted by atomic mass is 79.9. The molecule has 0 aliphatic carbocycles. The molecule has 1 amide bonds. The SMILES string of the molecule is CCOCc1ccccc1CNC(=O)c1ccc(Br)nc1. The van der Waals surface area contributed by atoms with Crippen molar-refractivity contribution in [3.8, 4) is 0 Å². The molecule has 0 saturated heterocycles. The van der Waals surface area contributed by atoms with Crippen molar-refractivity contribution >= 4 is 21.8 Å². The molecule has 1 aromatic heterocycles. The fourth-order valence-corrected chi connectivity index (χ4v) is 2.11. The van der Waals surface area contributed by atoms with E-state index in [-0.39, 0.29) is 5.91 Å². The first kappa shape index (κ1) is 15.7. The molecule has 0 atom stereocenters. The zero-order valence-corrected chi connectivity index (χ0v) is 13.4. The van der Waals surface area contributed by atoms with Crippen LogP contribution in [0.1, 0.15) is 28.4 Å². The zero-order valence-electron chi connectivity index (χ0n) is 11.8. The van der Waals surface area contributed by atoms with Crippen LogP contribution in [-0.2, 0) is 17.9 Å². The number of aromatic nitrogens is 1. The van der Waals surface area contributed by atoms with Crippen molar-refractivity contribution in [2.24, 2.45) is 0 Å². The van der Waals surface area contributed by atoms with Crippen molar-refractivity contribution in [2.75, 3.05) is 6.61 Å². The van der Waals surface area contributed by atoms with E-state index < -0.39 is 0 Å². The van der Waals surface area contributed by atoms with Gasteiger partial charge in [-0.15, -0.1) is 0 Å². The summed E-state index contributed by atoms with van der Waals surface area (Å²) in [5.41, 5.74) is 2.69. The Labute approximate surface area is 132 Å². The summed E-state index contributed by atoms with van der Waals surface area (Å²) in [6.07, 6.45) is 1.55. The Hall–Kier alpha value is -1.72.